The molecule has 9 N–H and O–H groups in total. The molecule has 294 valence electrons. The van der Waals surface area contributed by atoms with Crippen LogP contribution >= 0.6 is 15.2 Å². The molecule has 0 heterocycles. The zero-order valence-electron chi connectivity index (χ0n) is 30.3. The molecule has 8 atom stereocenters. The summed E-state index contributed by atoms with van der Waals surface area (Å²) in [7, 11) is -11.7. The minimum atomic E-state index is -5.84. The molecule has 0 saturated heterocycles. The molecule has 0 aromatic heterocycles. The van der Waals surface area contributed by atoms with E-state index < -0.39 is 100 Å². The highest BCUT2D eigenvalue weighted by atomic mass is 31.2. The number of rotatable bonds is 25. The van der Waals surface area contributed by atoms with E-state index in [1.165, 1.54) is 13.8 Å². The van der Waals surface area contributed by atoms with Crippen molar-refractivity contribution < 1.29 is 71.2 Å². The zero-order chi connectivity index (χ0) is 39.0. The normalized spacial score (nSPS) is 19.1. The second-order valence-corrected chi connectivity index (χ2v) is 17.2. The Morgan fingerprint density at radius 1 is 0.700 bits per heavy atom. The predicted molar refractivity (Wildman–Crippen MR) is 181 cm³/mol. The molecule has 0 radical (unpaired) electrons. The second kappa shape index (κ2) is 22.2. The van der Waals surface area contributed by atoms with Gasteiger partial charge in [0.15, 0.2) is 0 Å². The van der Waals surface area contributed by atoms with Crippen molar-refractivity contribution in [3.8, 4) is 0 Å². The SMILES string of the molecule is CCCC(=O)OC(OP(=O)(O)C(O)(CCCN)P(=O)(O)OC(OC(=O)CCC)C(C)COC(=O)[C@@H](N)C(C)C)C(C)COC(=O)[C@@H](N)C(C)C. The van der Waals surface area contributed by atoms with Gasteiger partial charge in [-0.2, -0.15) is 0 Å². The average molecular weight is 764 g/mol. The summed E-state index contributed by atoms with van der Waals surface area (Å²) >= 11 is 0. The number of carbonyl (C=O) groups excluding carboxylic acids is 4. The average Bonchev–Trinajstić information content (AvgIpc) is 3.02. The molecule has 18 nitrogen and oxygen atoms in total. The molecule has 0 aromatic carbocycles. The van der Waals surface area contributed by atoms with Crippen molar-refractivity contribution in [1.29, 1.82) is 0 Å². The van der Waals surface area contributed by atoms with Gasteiger partial charge < -0.3 is 51.0 Å². The van der Waals surface area contributed by atoms with Gasteiger partial charge in [-0.3, -0.25) is 37.4 Å². The van der Waals surface area contributed by atoms with Crippen LogP contribution in [-0.4, -0.2) is 88.3 Å². The third-order valence-electron chi connectivity index (χ3n) is 7.41. The van der Waals surface area contributed by atoms with Crippen molar-refractivity contribution in [3.05, 3.63) is 0 Å². The molecule has 0 rings (SSSR count). The molecule has 0 fully saturated rings. The summed E-state index contributed by atoms with van der Waals surface area (Å²) in [6, 6.07) is -2.02. The molecule has 0 bridgehead atoms. The van der Waals surface area contributed by atoms with E-state index in [1.54, 1.807) is 41.5 Å². The lowest BCUT2D eigenvalue weighted by Gasteiger charge is -2.38. The highest BCUT2D eigenvalue weighted by Crippen LogP contribution is 2.74. The van der Waals surface area contributed by atoms with E-state index in [2.05, 4.69) is 0 Å². The standard InChI is InChI=1S/C30H59N3O15P2/c1-9-12-22(34)45-28(20(7)16-43-26(36)24(32)18(3)4)47-49(39,40)30(38,14-11-15-31)50(41,42)48-29(46-23(35)13-10-2)21(8)17-44-27(37)25(33)19(5)6/h18-21,24-25,28-29,38H,9-17,31-33H2,1-8H3,(H,39,40)(H,41,42)/t20?,21?,24-,25-,28?,29?,30?/m0/s1. The number of hydrogen-bond donors (Lipinski definition) is 6. The number of carbonyl (C=O) groups is 4. The van der Waals surface area contributed by atoms with Gasteiger partial charge in [0.1, 0.15) is 12.1 Å². The summed E-state index contributed by atoms with van der Waals surface area (Å²) < 4.78 is 59.2. The van der Waals surface area contributed by atoms with Crippen LogP contribution in [0.4, 0.5) is 0 Å². The Balaban J connectivity index is 6.64. The maximum atomic E-state index is 13.9. The lowest BCUT2D eigenvalue weighted by atomic mass is 10.1. The molecule has 0 spiro atoms. The van der Waals surface area contributed by atoms with Gasteiger partial charge in [-0.1, -0.05) is 55.4 Å². The van der Waals surface area contributed by atoms with E-state index in [0.29, 0.717) is 12.8 Å². The van der Waals surface area contributed by atoms with E-state index in [4.69, 9.17) is 45.2 Å². The first kappa shape index (κ1) is 48.0. The molecule has 0 saturated carbocycles. The van der Waals surface area contributed by atoms with Crippen LogP contribution in [0.5, 0.6) is 0 Å². The third-order valence-corrected chi connectivity index (χ3v) is 12.2. The number of aliphatic hydroxyl groups is 1. The van der Waals surface area contributed by atoms with E-state index in [9.17, 15) is 43.2 Å². The van der Waals surface area contributed by atoms with Gasteiger partial charge in [-0.15, -0.1) is 0 Å². The van der Waals surface area contributed by atoms with Gasteiger partial charge in [0.25, 0.3) is 5.08 Å². The Morgan fingerprint density at radius 3 is 1.32 bits per heavy atom. The van der Waals surface area contributed by atoms with E-state index in [0.717, 1.165) is 0 Å². The third kappa shape index (κ3) is 14.9. The maximum Gasteiger partial charge on any atom is 0.375 e. The van der Waals surface area contributed by atoms with Crippen LogP contribution in [0.15, 0.2) is 0 Å². The van der Waals surface area contributed by atoms with Crippen LogP contribution in [0.3, 0.4) is 0 Å². The van der Waals surface area contributed by atoms with Gasteiger partial charge in [0.2, 0.25) is 12.6 Å². The summed E-state index contributed by atoms with van der Waals surface area (Å²) in [5.41, 5.74) is 17.2. The van der Waals surface area contributed by atoms with Crippen molar-refractivity contribution in [2.24, 2.45) is 40.9 Å². The molecule has 0 aromatic rings. The van der Waals surface area contributed by atoms with Crippen LogP contribution in [-0.2, 0) is 56.3 Å². The monoisotopic (exact) mass is 763 g/mol. The van der Waals surface area contributed by atoms with Crippen LogP contribution in [0, 0.1) is 23.7 Å². The molecule has 6 unspecified atom stereocenters. The van der Waals surface area contributed by atoms with Crippen molar-refractivity contribution in [2.45, 2.75) is 124 Å². The highest BCUT2D eigenvalue weighted by Gasteiger charge is 2.64. The fraction of sp³-hybridized carbons (Fsp3) is 0.867. The van der Waals surface area contributed by atoms with Crippen LogP contribution in [0.2, 0.25) is 0 Å². The lowest BCUT2D eigenvalue weighted by molar-refractivity contribution is -0.177. The Morgan fingerprint density at radius 2 is 1.04 bits per heavy atom. The number of hydrogen-bond acceptors (Lipinski definition) is 16. The first-order valence-corrected chi connectivity index (χ1v) is 19.9. The molecule has 20 heteroatoms. The smallest absolute Gasteiger partial charge is 0.375 e. The zero-order valence-corrected chi connectivity index (χ0v) is 32.1. The first-order chi connectivity index (χ1) is 23.0. The molecular formula is C30H59N3O15P2. The molecule has 0 aliphatic carbocycles. The van der Waals surface area contributed by atoms with Gasteiger partial charge >= 0.3 is 39.1 Å². The fourth-order valence-corrected chi connectivity index (χ4v) is 7.67. The summed E-state index contributed by atoms with van der Waals surface area (Å²) in [5, 5.41) is 7.98. The van der Waals surface area contributed by atoms with Crippen LogP contribution in [0.1, 0.15) is 93.9 Å². The summed E-state index contributed by atoms with van der Waals surface area (Å²) in [6.45, 7) is 11.4. The fourth-order valence-electron chi connectivity index (χ4n) is 3.82. The molecule has 0 amide bonds. The number of esters is 4. The van der Waals surface area contributed by atoms with Crippen molar-refractivity contribution >= 4 is 39.1 Å². The number of nitrogens with two attached hydrogens (primary N) is 3. The Kier molecular flexibility index (Phi) is 21.3. The molecular weight excluding hydrogens is 704 g/mol. The van der Waals surface area contributed by atoms with Crippen LogP contribution in [0.25, 0.3) is 0 Å². The Labute approximate surface area is 294 Å². The highest BCUT2D eigenvalue weighted by molar-refractivity contribution is 7.73. The summed E-state index contributed by atoms with van der Waals surface area (Å²) in [6.07, 6.45) is -4.98. The van der Waals surface area contributed by atoms with Gasteiger partial charge in [0.05, 0.1) is 25.0 Å². The lowest BCUT2D eigenvalue weighted by Crippen LogP contribution is -2.41. The minimum absolute atomic E-state index is 0.158. The van der Waals surface area contributed by atoms with E-state index in [-0.39, 0.29) is 37.6 Å². The van der Waals surface area contributed by atoms with Crippen molar-refractivity contribution in [2.75, 3.05) is 19.8 Å². The van der Waals surface area contributed by atoms with Crippen molar-refractivity contribution in [1.82, 2.24) is 0 Å². The predicted octanol–water partition coefficient (Wildman–Crippen LogP) is 2.44. The Hall–Kier alpha value is -1.98. The Bertz CT molecular complexity index is 1110. The maximum absolute atomic E-state index is 13.9. The number of ether oxygens (including phenoxy) is 4. The minimum Gasteiger partial charge on any atom is -0.464 e. The first-order valence-electron chi connectivity index (χ1n) is 16.7. The van der Waals surface area contributed by atoms with Gasteiger partial charge in [0, 0.05) is 19.3 Å². The van der Waals surface area contributed by atoms with Gasteiger partial charge in [-0.05, 0) is 37.6 Å². The summed E-state index contributed by atoms with van der Waals surface area (Å²) in [5.74, 6) is -6.37. The second-order valence-electron chi connectivity index (χ2n) is 12.9. The van der Waals surface area contributed by atoms with Crippen LogP contribution < -0.4 is 17.2 Å². The molecule has 50 heavy (non-hydrogen) atoms. The van der Waals surface area contributed by atoms with E-state index >= 15 is 0 Å². The van der Waals surface area contributed by atoms with Crippen molar-refractivity contribution in [3.63, 3.8) is 0 Å². The van der Waals surface area contributed by atoms with E-state index in [1.807, 2.05) is 0 Å². The summed E-state index contributed by atoms with van der Waals surface area (Å²) in [4.78, 5) is 72.1. The largest absolute Gasteiger partial charge is 0.464 e. The topological polar surface area (TPSA) is 297 Å². The van der Waals surface area contributed by atoms with Gasteiger partial charge in [-0.25, -0.2) is 0 Å². The quantitative estimate of drug-likeness (QED) is 0.0337. The molecule has 0 aliphatic heterocycles. The molecule has 0 aliphatic rings.